The van der Waals surface area contributed by atoms with E-state index < -0.39 is 10.0 Å². The second-order valence-electron chi connectivity index (χ2n) is 6.54. The topological polar surface area (TPSA) is 64.0 Å². The lowest BCUT2D eigenvalue weighted by molar-refractivity contribution is 0.506. The Bertz CT molecular complexity index is 803. The first kappa shape index (κ1) is 17.5. The lowest BCUT2D eigenvalue weighted by Crippen LogP contribution is -2.17. The molecular formula is C17H25N3O2S. The fraction of sp³-hybridized carbons (Fsp3) is 0.471. The van der Waals surface area contributed by atoms with E-state index in [0.717, 1.165) is 17.7 Å². The Hall–Kier alpha value is -1.82. The Morgan fingerprint density at radius 1 is 1.17 bits per heavy atom. The predicted molar refractivity (Wildman–Crippen MR) is 93.2 cm³/mol. The van der Waals surface area contributed by atoms with Gasteiger partial charge >= 0.3 is 0 Å². The quantitative estimate of drug-likeness (QED) is 0.909. The molecule has 1 aromatic carbocycles. The molecule has 0 amide bonds. The Balaban J connectivity index is 2.33. The molecule has 0 saturated carbocycles. The van der Waals surface area contributed by atoms with Gasteiger partial charge in [0.1, 0.15) is 0 Å². The number of rotatable bonds is 5. The first-order valence-electron chi connectivity index (χ1n) is 7.72. The van der Waals surface area contributed by atoms with Crippen LogP contribution in [0.2, 0.25) is 0 Å². The summed E-state index contributed by atoms with van der Waals surface area (Å²) in [4.78, 5) is 0.260. The number of sulfonamides is 1. The molecule has 0 aliphatic heterocycles. The second-order valence-corrected chi connectivity index (χ2v) is 8.22. The van der Waals surface area contributed by atoms with E-state index in [-0.39, 0.29) is 10.3 Å². The summed E-state index contributed by atoms with van der Waals surface area (Å²) in [5.74, 6) is 0. The van der Waals surface area contributed by atoms with Crippen molar-refractivity contribution in [3.63, 3.8) is 0 Å². The molecule has 0 unspecified atom stereocenters. The average molecular weight is 335 g/mol. The van der Waals surface area contributed by atoms with Crippen molar-refractivity contribution < 1.29 is 8.42 Å². The van der Waals surface area contributed by atoms with Gasteiger partial charge in [-0.05, 0) is 43.4 Å². The van der Waals surface area contributed by atoms with E-state index in [4.69, 9.17) is 0 Å². The Kier molecular flexibility index (Phi) is 4.57. The molecular weight excluding hydrogens is 310 g/mol. The lowest BCUT2D eigenvalue weighted by atomic mass is 9.82. The van der Waals surface area contributed by atoms with Crippen LogP contribution in [-0.2, 0) is 22.5 Å². The third-order valence-electron chi connectivity index (χ3n) is 4.58. The zero-order chi connectivity index (χ0) is 17.4. The van der Waals surface area contributed by atoms with E-state index in [1.54, 1.807) is 30.8 Å². The molecule has 0 spiro atoms. The van der Waals surface area contributed by atoms with Crippen LogP contribution in [0.1, 0.15) is 44.1 Å². The minimum Gasteiger partial charge on any atom is -0.276 e. The molecule has 126 valence electrons. The maximum absolute atomic E-state index is 12.6. The van der Waals surface area contributed by atoms with Gasteiger partial charge in [0.25, 0.3) is 10.0 Å². The molecule has 5 nitrogen and oxygen atoms in total. The summed E-state index contributed by atoms with van der Waals surface area (Å²) in [5.41, 5.74) is 3.16. The normalized spacial score (nSPS) is 12.4. The summed E-state index contributed by atoms with van der Waals surface area (Å²) in [5, 5.41) is 4.24. The van der Waals surface area contributed by atoms with E-state index in [1.165, 1.54) is 0 Å². The molecule has 0 fully saturated rings. The fourth-order valence-electron chi connectivity index (χ4n) is 2.40. The van der Waals surface area contributed by atoms with Crippen molar-refractivity contribution in [1.29, 1.82) is 0 Å². The van der Waals surface area contributed by atoms with E-state index in [9.17, 15) is 8.42 Å². The number of hydrogen-bond donors (Lipinski definition) is 1. The van der Waals surface area contributed by atoms with E-state index in [0.29, 0.717) is 11.4 Å². The van der Waals surface area contributed by atoms with Crippen LogP contribution in [0.15, 0.2) is 29.2 Å². The molecule has 0 radical (unpaired) electrons. The monoisotopic (exact) mass is 335 g/mol. The number of aryl methyl sites for hydroxylation is 2. The third kappa shape index (κ3) is 3.42. The maximum Gasteiger partial charge on any atom is 0.262 e. The van der Waals surface area contributed by atoms with Gasteiger partial charge in [-0.3, -0.25) is 9.40 Å². The highest BCUT2D eigenvalue weighted by Crippen LogP contribution is 2.28. The maximum atomic E-state index is 12.6. The smallest absolute Gasteiger partial charge is 0.262 e. The van der Waals surface area contributed by atoms with Crippen LogP contribution in [0.3, 0.4) is 0 Å². The van der Waals surface area contributed by atoms with Crippen molar-refractivity contribution in [2.75, 3.05) is 4.72 Å². The highest BCUT2D eigenvalue weighted by molar-refractivity contribution is 7.92. The molecule has 1 heterocycles. The number of benzene rings is 1. The molecule has 6 heteroatoms. The average Bonchev–Trinajstić information content (AvgIpc) is 2.73. The van der Waals surface area contributed by atoms with Crippen LogP contribution in [-0.4, -0.2) is 18.2 Å². The van der Waals surface area contributed by atoms with Crippen LogP contribution in [0.5, 0.6) is 0 Å². The summed E-state index contributed by atoms with van der Waals surface area (Å²) in [6.07, 6.45) is 0.991. The summed E-state index contributed by atoms with van der Waals surface area (Å²) in [7, 11) is -1.82. The molecule has 2 rings (SSSR count). The Morgan fingerprint density at radius 3 is 2.17 bits per heavy atom. The molecule has 2 aromatic rings. The molecule has 0 saturated heterocycles. The zero-order valence-electron chi connectivity index (χ0n) is 14.6. The zero-order valence-corrected chi connectivity index (χ0v) is 15.5. The molecule has 23 heavy (non-hydrogen) atoms. The van der Waals surface area contributed by atoms with Crippen LogP contribution in [0.25, 0.3) is 0 Å². The largest absolute Gasteiger partial charge is 0.276 e. The molecule has 1 aromatic heterocycles. The van der Waals surface area contributed by atoms with Gasteiger partial charge in [0, 0.05) is 7.05 Å². The van der Waals surface area contributed by atoms with Crippen LogP contribution >= 0.6 is 0 Å². The van der Waals surface area contributed by atoms with Gasteiger partial charge in [-0.1, -0.05) is 32.9 Å². The highest BCUT2D eigenvalue weighted by Gasteiger charge is 2.22. The molecule has 0 aliphatic carbocycles. The van der Waals surface area contributed by atoms with Gasteiger partial charge in [-0.25, -0.2) is 8.42 Å². The molecule has 0 atom stereocenters. The third-order valence-corrected chi connectivity index (χ3v) is 5.94. The second kappa shape index (κ2) is 6.00. The van der Waals surface area contributed by atoms with Crippen LogP contribution in [0, 0.1) is 13.8 Å². The van der Waals surface area contributed by atoms with E-state index in [1.807, 2.05) is 19.1 Å². The van der Waals surface area contributed by atoms with Crippen molar-refractivity contribution in [1.82, 2.24) is 9.78 Å². The highest BCUT2D eigenvalue weighted by atomic mass is 32.2. The lowest BCUT2D eigenvalue weighted by Gasteiger charge is -2.23. The van der Waals surface area contributed by atoms with E-state index in [2.05, 4.69) is 30.6 Å². The molecule has 0 bridgehead atoms. The van der Waals surface area contributed by atoms with E-state index >= 15 is 0 Å². The number of nitrogens with one attached hydrogen (secondary N) is 1. The van der Waals surface area contributed by atoms with Gasteiger partial charge in [0.2, 0.25) is 0 Å². The number of hydrogen-bond acceptors (Lipinski definition) is 3. The number of aromatic nitrogens is 2. The molecule has 0 aliphatic rings. The van der Waals surface area contributed by atoms with Crippen molar-refractivity contribution in [2.24, 2.45) is 7.05 Å². The first-order valence-corrected chi connectivity index (χ1v) is 9.20. The Morgan fingerprint density at radius 2 is 1.74 bits per heavy atom. The van der Waals surface area contributed by atoms with Crippen LogP contribution < -0.4 is 4.72 Å². The van der Waals surface area contributed by atoms with Gasteiger partial charge in [0.05, 0.1) is 22.0 Å². The van der Waals surface area contributed by atoms with Crippen molar-refractivity contribution in [3.05, 3.63) is 41.2 Å². The Labute approximate surface area is 138 Å². The fourth-order valence-corrected chi connectivity index (χ4v) is 3.58. The summed E-state index contributed by atoms with van der Waals surface area (Å²) >= 11 is 0. The summed E-state index contributed by atoms with van der Waals surface area (Å²) < 4.78 is 29.5. The number of anilines is 1. The number of nitrogens with zero attached hydrogens (tertiary/aromatic N) is 2. The first-order chi connectivity index (χ1) is 10.6. The van der Waals surface area contributed by atoms with Gasteiger partial charge in [-0.2, -0.15) is 5.10 Å². The van der Waals surface area contributed by atoms with Gasteiger partial charge < -0.3 is 0 Å². The van der Waals surface area contributed by atoms with Crippen LogP contribution in [0.4, 0.5) is 5.69 Å². The van der Waals surface area contributed by atoms with Gasteiger partial charge in [0.15, 0.2) is 0 Å². The standard InChI is InChI=1S/C17H25N3O2S/c1-7-17(4,5)14-8-10-15(11-9-14)23(21,22)19-16-12(2)18-20(6)13(16)3/h8-11,19H,7H2,1-6H3. The predicted octanol–water partition coefficient (Wildman–Crippen LogP) is 3.53. The van der Waals surface area contributed by atoms with Gasteiger partial charge in [-0.15, -0.1) is 0 Å². The summed E-state index contributed by atoms with van der Waals surface area (Å²) in [6.45, 7) is 10.1. The molecule has 1 N–H and O–H groups in total. The summed E-state index contributed by atoms with van der Waals surface area (Å²) in [6, 6.07) is 7.11. The van der Waals surface area contributed by atoms with Crippen molar-refractivity contribution >= 4 is 15.7 Å². The SMILES string of the molecule is CCC(C)(C)c1ccc(S(=O)(=O)Nc2c(C)nn(C)c2C)cc1. The minimum atomic E-state index is -3.62. The van der Waals surface area contributed by atoms with Crippen molar-refractivity contribution in [2.45, 2.75) is 51.3 Å². The minimum absolute atomic E-state index is 0.0340. The van der Waals surface area contributed by atoms with Crippen molar-refractivity contribution in [3.8, 4) is 0 Å².